The van der Waals surface area contributed by atoms with Crippen LogP contribution in [0.15, 0.2) is 12.4 Å². The van der Waals surface area contributed by atoms with E-state index in [1.54, 1.807) is 6.20 Å². The van der Waals surface area contributed by atoms with Crippen molar-refractivity contribution in [2.75, 3.05) is 0 Å². The monoisotopic (exact) mass is 237 g/mol. The Labute approximate surface area is 98.5 Å². The van der Waals surface area contributed by atoms with E-state index in [9.17, 15) is 0 Å². The highest BCUT2D eigenvalue weighted by Gasteiger charge is 2.13. The molecule has 0 saturated heterocycles. The third-order valence-corrected chi connectivity index (χ3v) is 3.58. The molecule has 0 amide bonds. The quantitative estimate of drug-likeness (QED) is 0.867. The molecule has 0 fully saturated rings. The lowest BCUT2D eigenvalue weighted by Crippen LogP contribution is -2.12. The molecule has 2 aromatic rings. The van der Waals surface area contributed by atoms with Crippen molar-refractivity contribution in [1.29, 1.82) is 0 Å². The maximum absolute atomic E-state index is 6.10. The summed E-state index contributed by atoms with van der Waals surface area (Å²) in [7, 11) is 1.99. The molecule has 0 spiro atoms. The van der Waals surface area contributed by atoms with Crippen LogP contribution in [0.3, 0.4) is 0 Å². The smallest absolute Gasteiger partial charge is 0.108 e. The van der Waals surface area contributed by atoms with Crippen molar-refractivity contribution in [2.24, 2.45) is 12.8 Å². The van der Waals surface area contributed by atoms with Crippen molar-refractivity contribution in [1.82, 2.24) is 19.1 Å². The summed E-state index contributed by atoms with van der Waals surface area (Å²) in [5.74, 6) is 1.06. The standard InChI is InChI=1S/C10H15N5S/c1-7-10(16-14-13-7)8(11)3-4-9-12-5-6-15(9)2/h5-6,8H,3-4,11H2,1-2H3. The lowest BCUT2D eigenvalue weighted by molar-refractivity contribution is 0.625. The highest BCUT2D eigenvalue weighted by molar-refractivity contribution is 7.05. The molecule has 2 N–H and O–H groups in total. The summed E-state index contributed by atoms with van der Waals surface area (Å²) in [6.45, 7) is 1.94. The second-order valence-electron chi connectivity index (χ2n) is 3.82. The zero-order valence-corrected chi connectivity index (χ0v) is 10.2. The van der Waals surface area contributed by atoms with Crippen LogP contribution < -0.4 is 5.73 Å². The lowest BCUT2D eigenvalue weighted by atomic mass is 10.1. The van der Waals surface area contributed by atoms with Gasteiger partial charge in [0.1, 0.15) is 5.82 Å². The fraction of sp³-hybridized carbons (Fsp3) is 0.500. The van der Waals surface area contributed by atoms with E-state index < -0.39 is 0 Å². The van der Waals surface area contributed by atoms with Gasteiger partial charge in [-0.25, -0.2) is 4.98 Å². The van der Waals surface area contributed by atoms with Gasteiger partial charge in [-0.15, -0.1) is 5.10 Å². The van der Waals surface area contributed by atoms with Crippen LogP contribution in [-0.4, -0.2) is 19.1 Å². The van der Waals surface area contributed by atoms with Gasteiger partial charge in [0.2, 0.25) is 0 Å². The molecule has 1 unspecified atom stereocenters. The van der Waals surface area contributed by atoms with E-state index in [1.807, 2.05) is 24.7 Å². The zero-order chi connectivity index (χ0) is 11.5. The first kappa shape index (κ1) is 11.2. The van der Waals surface area contributed by atoms with Gasteiger partial charge in [0.05, 0.1) is 10.6 Å². The fourth-order valence-corrected chi connectivity index (χ4v) is 2.31. The molecule has 86 valence electrons. The number of nitrogens with zero attached hydrogens (tertiary/aromatic N) is 4. The lowest BCUT2D eigenvalue weighted by Gasteiger charge is -2.09. The number of nitrogens with two attached hydrogens (primary N) is 1. The summed E-state index contributed by atoms with van der Waals surface area (Å²) in [6.07, 6.45) is 5.50. The molecule has 5 nitrogen and oxygen atoms in total. The van der Waals surface area contributed by atoms with Gasteiger partial charge in [-0.3, -0.25) is 0 Å². The van der Waals surface area contributed by atoms with Gasteiger partial charge in [0.25, 0.3) is 0 Å². The van der Waals surface area contributed by atoms with Crippen molar-refractivity contribution in [2.45, 2.75) is 25.8 Å². The molecule has 2 aromatic heterocycles. The molecule has 0 aliphatic rings. The molecule has 0 radical (unpaired) electrons. The van der Waals surface area contributed by atoms with Crippen molar-refractivity contribution in [3.8, 4) is 0 Å². The van der Waals surface area contributed by atoms with E-state index in [1.165, 1.54) is 11.5 Å². The van der Waals surface area contributed by atoms with Crippen LogP contribution >= 0.6 is 11.5 Å². The third kappa shape index (κ3) is 2.28. The average Bonchev–Trinajstić information content (AvgIpc) is 2.84. The Morgan fingerprint density at radius 3 is 2.94 bits per heavy atom. The molecule has 1 atom stereocenters. The number of aryl methyl sites for hydroxylation is 3. The molecule has 0 bridgehead atoms. The normalized spacial score (nSPS) is 12.9. The molecule has 16 heavy (non-hydrogen) atoms. The Morgan fingerprint density at radius 1 is 1.56 bits per heavy atom. The van der Waals surface area contributed by atoms with E-state index in [2.05, 4.69) is 14.6 Å². The van der Waals surface area contributed by atoms with Gasteiger partial charge in [-0.2, -0.15) is 0 Å². The van der Waals surface area contributed by atoms with Gasteiger partial charge >= 0.3 is 0 Å². The van der Waals surface area contributed by atoms with Gasteiger partial charge in [0, 0.05) is 31.9 Å². The second-order valence-corrected chi connectivity index (χ2v) is 4.61. The molecule has 0 aliphatic heterocycles. The zero-order valence-electron chi connectivity index (χ0n) is 9.42. The number of hydrogen-bond donors (Lipinski definition) is 1. The number of rotatable bonds is 4. The third-order valence-electron chi connectivity index (χ3n) is 2.62. The van der Waals surface area contributed by atoms with Crippen LogP contribution in [0.25, 0.3) is 0 Å². The Balaban J connectivity index is 1.97. The van der Waals surface area contributed by atoms with E-state index in [0.29, 0.717) is 0 Å². The van der Waals surface area contributed by atoms with Crippen LogP contribution in [0, 0.1) is 6.92 Å². The van der Waals surface area contributed by atoms with E-state index in [0.717, 1.165) is 29.2 Å². The topological polar surface area (TPSA) is 69.6 Å². The Bertz CT molecular complexity index is 461. The molecule has 0 aliphatic carbocycles. The highest BCUT2D eigenvalue weighted by atomic mass is 32.1. The van der Waals surface area contributed by atoms with E-state index >= 15 is 0 Å². The summed E-state index contributed by atoms with van der Waals surface area (Å²) >= 11 is 1.39. The van der Waals surface area contributed by atoms with E-state index in [4.69, 9.17) is 5.73 Å². The van der Waals surface area contributed by atoms with Crippen LogP contribution in [-0.2, 0) is 13.5 Å². The predicted molar refractivity (Wildman–Crippen MR) is 63.1 cm³/mol. The maximum atomic E-state index is 6.10. The van der Waals surface area contributed by atoms with Crippen LogP contribution in [0.1, 0.15) is 28.9 Å². The molecule has 2 heterocycles. The van der Waals surface area contributed by atoms with Crippen molar-refractivity contribution in [3.05, 3.63) is 28.8 Å². The Hall–Kier alpha value is -1.27. The summed E-state index contributed by atoms with van der Waals surface area (Å²) < 4.78 is 5.91. The SMILES string of the molecule is Cc1nnsc1C(N)CCc1nccn1C. The minimum atomic E-state index is 0.0108. The first-order chi connectivity index (χ1) is 7.68. The summed E-state index contributed by atoms with van der Waals surface area (Å²) in [5, 5.41) is 3.97. The Kier molecular flexibility index (Phi) is 3.31. The molecular weight excluding hydrogens is 222 g/mol. The van der Waals surface area contributed by atoms with Gasteiger partial charge in [0.15, 0.2) is 0 Å². The van der Waals surface area contributed by atoms with Crippen LogP contribution in [0.2, 0.25) is 0 Å². The summed E-state index contributed by atoms with van der Waals surface area (Å²) in [6, 6.07) is 0.0108. The molecule has 2 rings (SSSR count). The first-order valence-corrected chi connectivity index (χ1v) is 5.96. The van der Waals surface area contributed by atoms with Gasteiger partial charge < -0.3 is 10.3 Å². The average molecular weight is 237 g/mol. The number of aromatic nitrogens is 4. The maximum Gasteiger partial charge on any atom is 0.108 e. The first-order valence-electron chi connectivity index (χ1n) is 5.19. The largest absolute Gasteiger partial charge is 0.338 e. The van der Waals surface area contributed by atoms with Gasteiger partial charge in [-0.05, 0) is 24.9 Å². The minimum absolute atomic E-state index is 0.0108. The summed E-state index contributed by atoms with van der Waals surface area (Å²) in [4.78, 5) is 5.35. The number of hydrogen-bond acceptors (Lipinski definition) is 5. The molecule has 0 saturated carbocycles. The van der Waals surface area contributed by atoms with Crippen molar-refractivity contribution >= 4 is 11.5 Å². The second kappa shape index (κ2) is 4.71. The highest BCUT2D eigenvalue weighted by Crippen LogP contribution is 2.21. The summed E-state index contributed by atoms with van der Waals surface area (Å²) in [5.41, 5.74) is 7.04. The molecule has 0 aromatic carbocycles. The van der Waals surface area contributed by atoms with Crippen molar-refractivity contribution < 1.29 is 0 Å². The fourth-order valence-electron chi connectivity index (χ4n) is 1.63. The van der Waals surface area contributed by atoms with Crippen molar-refractivity contribution in [3.63, 3.8) is 0 Å². The van der Waals surface area contributed by atoms with Gasteiger partial charge in [-0.1, -0.05) is 4.49 Å². The Morgan fingerprint density at radius 2 is 2.38 bits per heavy atom. The minimum Gasteiger partial charge on any atom is -0.338 e. The van der Waals surface area contributed by atoms with Crippen LogP contribution in [0.5, 0.6) is 0 Å². The van der Waals surface area contributed by atoms with E-state index in [-0.39, 0.29) is 6.04 Å². The molecule has 6 heteroatoms. The molecular formula is C10H15N5S. The van der Waals surface area contributed by atoms with Crippen LogP contribution in [0.4, 0.5) is 0 Å². The number of imidazole rings is 1. The predicted octanol–water partition coefficient (Wildman–Crippen LogP) is 1.21.